The van der Waals surface area contributed by atoms with Crippen LogP contribution in [0.5, 0.6) is 0 Å². The van der Waals surface area contributed by atoms with Gasteiger partial charge in [-0.2, -0.15) is 0 Å². The quantitative estimate of drug-likeness (QED) is 0.871. The van der Waals surface area contributed by atoms with E-state index in [9.17, 15) is 0 Å². The number of rotatable bonds is 3. The molecule has 0 spiro atoms. The fraction of sp³-hybridized carbons (Fsp3) is 0.636. The molecule has 0 saturated heterocycles. The maximum Gasteiger partial charge on any atom is 0.143 e. The molecular formula is C11H16IN3. The Balaban J connectivity index is 2.32. The summed E-state index contributed by atoms with van der Waals surface area (Å²) in [7, 11) is 0. The number of hydrogen-bond acceptors (Lipinski definition) is 3. The Morgan fingerprint density at radius 1 is 1.33 bits per heavy atom. The molecule has 2 rings (SSSR count). The summed E-state index contributed by atoms with van der Waals surface area (Å²) in [5.74, 6) is 2.35. The van der Waals surface area contributed by atoms with Gasteiger partial charge in [-0.15, -0.1) is 0 Å². The molecule has 1 heterocycles. The zero-order chi connectivity index (χ0) is 11.0. The summed E-state index contributed by atoms with van der Waals surface area (Å²) >= 11 is 2.32. The predicted molar refractivity (Wildman–Crippen MR) is 70.2 cm³/mol. The summed E-state index contributed by atoms with van der Waals surface area (Å²) in [5, 5.41) is 3.46. The van der Waals surface area contributed by atoms with Gasteiger partial charge in [0.1, 0.15) is 11.6 Å². The van der Waals surface area contributed by atoms with Gasteiger partial charge in [0.2, 0.25) is 0 Å². The normalized spacial score (nSPS) is 15.8. The first-order valence-corrected chi connectivity index (χ1v) is 6.46. The van der Waals surface area contributed by atoms with Gasteiger partial charge in [0, 0.05) is 12.0 Å². The lowest BCUT2D eigenvalue weighted by atomic mass is 10.2. The number of halogens is 1. The molecule has 1 fully saturated rings. The molecule has 0 unspecified atom stereocenters. The van der Waals surface area contributed by atoms with Crippen LogP contribution in [0.4, 0.5) is 5.82 Å². The summed E-state index contributed by atoms with van der Waals surface area (Å²) in [5.41, 5.74) is 1.08. The van der Waals surface area contributed by atoms with Crippen LogP contribution < -0.4 is 5.32 Å². The van der Waals surface area contributed by atoms with Crippen LogP contribution in [0.2, 0.25) is 0 Å². The molecule has 1 aliphatic rings. The van der Waals surface area contributed by atoms with Gasteiger partial charge in [0.15, 0.2) is 0 Å². The van der Waals surface area contributed by atoms with Gasteiger partial charge < -0.3 is 5.32 Å². The zero-order valence-electron chi connectivity index (χ0n) is 9.34. The summed E-state index contributed by atoms with van der Waals surface area (Å²) in [6.45, 7) is 6.30. The minimum Gasteiger partial charge on any atom is -0.366 e. The number of aryl methyl sites for hydroxylation is 1. The number of anilines is 1. The van der Waals surface area contributed by atoms with E-state index in [1.54, 1.807) is 0 Å². The topological polar surface area (TPSA) is 37.8 Å². The molecule has 1 saturated carbocycles. The third-order valence-corrected chi connectivity index (χ3v) is 3.76. The standard InChI is InChI=1S/C11H16IN3/c1-6(2)10-13-7(3)9(12)11(15-10)14-8-4-5-8/h6,8H,4-5H2,1-3H3,(H,13,14,15). The molecule has 3 nitrogen and oxygen atoms in total. The summed E-state index contributed by atoms with van der Waals surface area (Å²) in [6.07, 6.45) is 2.55. The Labute approximate surface area is 104 Å². The largest absolute Gasteiger partial charge is 0.366 e. The van der Waals surface area contributed by atoms with Crippen molar-refractivity contribution in [3.8, 4) is 0 Å². The lowest BCUT2D eigenvalue weighted by Crippen LogP contribution is -2.10. The Bertz CT molecular complexity index is 372. The van der Waals surface area contributed by atoms with Crippen LogP contribution in [0.25, 0.3) is 0 Å². The number of nitrogens with zero attached hydrogens (tertiary/aromatic N) is 2. The molecule has 1 N–H and O–H groups in total. The van der Waals surface area contributed by atoms with Crippen molar-refractivity contribution in [1.29, 1.82) is 0 Å². The average Bonchev–Trinajstić information content (AvgIpc) is 2.96. The number of aromatic nitrogens is 2. The highest BCUT2D eigenvalue weighted by molar-refractivity contribution is 14.1. The second kappa shape index (κ2) is 4.23. The van der Waals surface area contributed by atoms with Gasteiger partial charge in [-0.3, -0.25) is 0 Å². The van der Waals surface area contributed by atoms with E-state index in [4.69, 9.17) is 0 Å². The summed E-state index contributed by atoms with van der Waals surface area (Å²) in [4.78, 5) is 9.09. The lowest BCUT2D eigenvalue weighted by molar-refractivity contribution is 0.764. The Morgan fingerprint density at radius 2 is 2.00 bits per heavy atom. The van der Waals surface area contributed by atoms with Crippen molar-refractivity contribution >= 4 is 28.4 Å². The fourth-order valence-corrected chi connectivity index (χ4v) is 1.75. The third-order valence-electron chi connectivity index (χ3n) is 2.47. The second-order valence-electron chi connectivity index (χ2n) is 4.40. The second-order valence-corrected chi connectivity index (χ2v) is 5.48. The number of hydrogen-bond donors (Lipinski definition) is 1. The van der Waals surface area contributed by atoms with Crippen LogP contribution >= 0.6 is 22.6 Å². The van der Waals surface area contributed by atoms with Crippen LogP contribution in [0.3, 0.4) is 0 Å². The molecular weight excluding hydrogens is 301 g/mol. The van der Waals surface area contributed by atoms with E-state index in [0.717, 1.165) is 20.9 Å². The highest BCUT2D eigenvalue weighted by atomic mass is 127. The van der Waals surface area contributed by atoms with Crippen molar-refractivity contribution in [1.82, 2.24) is 9.97 Å². The first-order chi connectivity index (χ1) is 7.08. The van der Waals surface area contributed by atoms with Crippen molar-refractivity contribution in [2.75, 3.05) is 5.32 Å². The molecule has 0 bridgehead atoms. The van der Waals surface area contributed by atoms with Crippen LogP contribution in [0.15, 0.2) is 0 Å². The molecule has 1 aliphatic carbocycles. The van der Waals surface area contributed by atoms with E-state index in [1.165, 1.54) is 12.8 Å². The third kappa shape index (κ3) is 2.59. The van der Waals surface area contributed by atoms with Crippen LogP contribution in [-0.4, -0.2) is 16.0 Å². The van der Waals surface area contributed by atoms with Gasteiger partial charge in [0.05, 0.1) is 9.26 Å². The highest BCUT2D eigenvalue weighted by Gasteiger charge is 2.23. The van der Waals surface area contributed by atoms with Crippen molar-refractivity contribution in [3.05, 3.63) is 15.1 Å². The molecule has 0 radical (unpaired) electrons. The predicted octanol–water partition coefficient (Wildman–Crippen LogP) is 3.09. The van der Waals surface area contributed by atoms with E-state index < -0.39 is 0 Å². The van der Waals surface area contributed by atoms with E-state index in [2.05, 4.69) is 51.7 Å². The van der Waals surface area contributed by atoms with Gasteiger partial charge >= 0.3 is 0 Å². The van der Waals surface area contributed by atoms with Crippen LogP contribution in [0.1, 0.15) is 44.1 Å². The molecule has 0 atom stereocenters. The Kier molecular flexibility index (Phi) is 3.13. The first kappa shape index (κ1) is 11.1. The highest BCUT2D eigenvalue weighted by Crippen LogP contribution is 2.28. The fourth-order valence-electron chi connectivity index (χ4n) is 1.36. The molecule has 0 aliphatic heterocycles. The zero-order valence-corrected chi connectivity index (χ0v) is 11.5. The van der Waals surface area contributed by atoms with Gasteiger partial charge in [-0.1, -0.05) is 13.8 Å². The molecule has 1 aromatic rings. The SMILES string of the molecule is Cc1nc(C(C)C)nc(NC2CC2)c1I. The average molecular weight is 317 g/mol. The smallest absolute Gasteiger partial charge is 0.143 e. The van der Waals surface area contributed by atoms with Crippen molar-refractivity contribution in [2.45, 2.75) is 45.6 Å². The van der Waals surface area contributed by atoms with Gasteiger partial charge in [-0.25, -0.2) is 9.97 Å². The van der Waals surface area contributed by atoms with Crippen molar-refractivity contribution < 1.29 is 0 Å². The van der Waals surface area contributed by atoms with Gasteiger partial charge in [-0.05, 0) is 42.4 Å². The summed E-state index contributed by atoms with van der Waals surface area (Å²) < 4.78 is 1.16. The Morgan fingerprint density at radius 3 is 2.53 bits per heavy atom. The van der Waals surface area contributed by atoms with Crippen LogP contribution in [-0.2, 0) is 0 Å². The van der Waals surface area contributed by atoms with Gasteiger partial charge in [0.25, 0.3) is 0 Å². The lowest BCUT2D eigenvalue weighted by Gasteiger charge is -2.12. The van der Waals surface area contributed by atoms with E-state index in [-0.39, 0.29) is 0 Å². The molecule has 15 heavy (non-hydrogen) atoms. The van der Waals surface area contributed by atoms with Crippen LogP contribution in [0, 0.1) is 10.5 Å². The first-order valence-electron chi connectivity index (χ1n) is 5.38. The maximum absolute atomic E-state index is 4.58. The minimum absolute atomic E-state index is 0.389. The molecule has 1 aromatic heterocycles. The minimum atomic E-state index is 0.389. The van der Waals surface area contributed by atoms with Crippen molar-refractivity contribution in [2.24, 2.45) is 0 Å². The molecule has 82 valence electrons. The molecule has 0 amide bonds. The maximum atomic E-state index is 4.58. The van der Waals surface area contributed by atoms with E-state index in [1.807, 2.05) is 6.92 Å². The van der Waals surface area contributed by atoms with E-state index >= 15 is 0 Å². The monoisotopic (exact) mass is 317 g/mol. The number of nitrogens with one attached hydrogen (secondary N) is 1. The Hall–Kier alpha value is -0.390. The molecule has 4 heteroatoms. The molecule has 0 aromatic carbocycles. The van der Waals surface area contributed by atoms with Crippen molar-refractivity contribution in [3.63, 3.8) is 0 Å². The van der Waals surface area contributed by atoms with E-state index in [0.29, 0.717) is 12.0 Å². The summed E-state index contributed by atoms with van der Waals surface area (Å²) in [6, 6.07) is 0.646.